The quantitative estimate of drug-likeness (QED) is 0.350. The van der Waals surface area contributed by atoms with Gasteiger partial charge in [-0.25, -0.2) is 18.6 Å². The van der Waals surface area contributed by atoms with Crippen molar-refractivity contribution in [3.63, 3.8) is 0 Å². The third kappa shape index (κ3) is 5.68. The first kappa shape index (κ1) is 26.6. The lowest BCUT2D eigenvalue weighted by Crippen LogP contribution is -2.64. The molecule has 0 unspecified atom stereocenters. The second kappa shape index (κ2) is 10.8. The highest BCUT2D eigenvalue weighted by Gasteiger charge is 2.56. The van der Waals surface area contributed by atoms with Gasteiger partial charge < -0.3 is 20.3 Å². The van der Waals surface area contributed by atoms with Crippen LogP contribution in [0.3, 0.4) is 0 Å². The number of ether oxygens (including phenoxy) is 1. The summed E-state index contributed by atoms with van der Waals surface area (Å²) in [5.74, 6) is -1.55. The number of hydrogen-bond donors (Lipinski definition) is 3. The fraction of sp³-hybridized carbons (Fsp3) is 0.310. The molecule has 12 heteroatoms. The minimum absolute atomic E-state index is 0.100. The molecule has 1 aromatic heterocycles. The summed E-state index contributed by atoms with van der Waals surface area (Å²) in [6.07, 6.45) is 3.31. The third-order valence-electron chi connectivity index (χ3n) is 7.67. The van der Waals surface area contributed by atoms with Crippen LogP contribution in [0.15, 0.2) is 60.8 Å². The number of nitrogens with zero attached hydrogens (tertiary/aromatic N) is 3. The van der Waals surface area contributed by atoms with E-state index in [-0.39, 0.29) is 17.5 Å². The van der Waals surface area contributed by atoms with Crippen molar-refractivity contribution < 1.29 is 27.9 Å². The number of hydrogen-bond acceptors (Lipinski definition) is 6. The number of amides is 4. The normalized spacial score (nSPS) is 17.6. The van der Waals surface area contributed by atoms with E-state index in [0.717, 1.165) is 19.2 Å². The number of rotatable bonds is 8. The Morgan fingerprint density at radius 3 is 2.24 bits per heavy atom. The van der Waals surface area contributed by atoms with Crippen LogP contribution in [0.4, 0.5) is 30.8 Å². The Labute approximate surface area is 234 Å². The first-order valence-corrected chi connectivity index (χ1v) is 13.4. The van der Waals surface area contributed by atoms with Crippen molar-refractivity contribution >= 4 is 35.0 Å². The summed E-state index contributed by atoms with van der Waals surface area (Å²) in [7, 11) is 0. The molecule has 3 heterocycles. The molecule has 0 spiro atoms. The Kier molecular flexibility index (Phi) is 7.00. The van der Waals surface area contributed by atoms with Gasteiger partial charge in [0.05, 0.1) is 5.69 Å². The van der Waals surface area contributed by atoms with Gasteiger partial charge in [0, 0.05) is 43.1 Å². The van der Waals surface area contributed by atoms with Crippen LogP contribution < -0.4 is 20.7 Å². The van der Waals surface area contributed by atoms with E-state index in [2.05, 4.69) is 25.8 Å². The molecule has 4 amide bonds. The average Bonchev–Trinajstić information content (AvgIpc) is 3.70. The first-order chi connectivity index (χ1) is 19.8. The van der Waals surface area contributed by atoms with Crippen molar-refractivity contribution in [2.24, 2.45) is 5.41 Å². The number of nitrogens with one attached hydrogen (secondary N) is 3. The number of anilines is 3. The van der Waals surface area contributed by atoms with E-state index in [9.17, 15) is 23.2 Å². The second-order valence-electron chi connectivity index (χ2n) is 10.5. The van der Waals surface area contributed by atoms with Crippen molar-refractivity contribution in [3.05, 3.63) is 72.4 Å². The van der Waals surface area contributed by atoms with Crippen LogP contribution in [0.2, 0.25) is 0 Å². The Morgan fingerprint density at radius 2 is 1.59 bits per heavy atom. The van der Waals surface area contributed by atoms with Crippen LogP contribution in [-0.2, 0) is 9.59 Å². The van der Waals surface area contributed by atoms with Gasteiger partial charge in [-0.05, 0) is 74.8 Å². The number of halogens is 2. The Hall–Kier alpha value is -4.58. The van der Waals surface area contributed by atoms with Crippen molar-refractivity contribution in [2.45, 2.75) is 25.3 Å². The van der Waals surface area contributed by atoms with Crippen LogP contribution in [0.1, 0.15) is 19.3 Å². The lowest BCUT2D eigenvalue weighted by Gasteiger charge is -2.48. The Balaban J connectivity index is 1.03. The highest BCUT2D eigenvalue weighted by molar-refractivity contribution is 6.16. The van der Waals surface area contributed by atoms with E-state index >= 15 is 0 Å². The maximum absolute atomic E-state index is 14.9. The average molecular weight is 563 g/mol. The fourth-order valence-electron chi connectivity index (χ4n) is 4.79. The standard InChI is InChI=1S/C29H28F2N6O4/c30-18-2-4-19(5-3-18)33-26(38)29(9-10-29)27(39)34-24-7-6-21(14-23(24)31)41-22-8-11-32-25(15-22)35-28(40)37-16-20(17-37)36-12-1-13-36/h2-8,11,14-15,20H,1,9-10,12-13,16-17H2,(H,33,38)(H,34,39)(H,32,35,40). The lowest BCUT2D eigenvalue weighted by molar-refractivity contribution is -0.131. The van der Waals surface area contributed by atoms with Crippen molar-refractivity contribution in [3.8, 4) is 11.5 Å². The highest BCUT2D eigenvalue weighted by atomic mass is 19.1. The molecule has 3 fully saturated rings. The molecule has 41 heavy (non-hydrogen) atoms. The first-order valence-electron chi connectivity index (χ1n) is 13.4. The summed E-state index contributed by atoms with van der Waals surface area (Å²) in [6, 6.07) is 12.4. The minimum Gasteiger partial charge on any atom is -0.457 e. The molecule has 6 rings (SSSR count). The summed E-state index contributed by atoms with van der Waals surface area (Å²) < 4.78 is 33.8. The number of likely N-dealkylation sites (tertiary alicyclic amines) is 2. The molecule has 3 N–H and O–H groups in total. The molecule has 3 aromatic rings. The van der Waals surface area contributed by atoms with Gasteiger partial charge in [0.2, 0.25) is 11.8 Å². The Morgan fingerprint density at radius 1 is 0.878 bits per heavy atom. The minimum atomic E-state index is -1.32. The summed E-state index contributed by atoms with van der Waals surface area (Å²) in [4.78, 5) is 46.4. The molecular formula is C29H28F2N6O4. The fourth-order valence-corrected chi connectivity index (χ4v) is 4.79. The van der Waals surface area contributed by atoms with Crippen molar-refractivity contribution in [1.29, 1.82) is 0 Å². The topological polar surface area (TPSA) is 116 Å². The molecule has 3 aliphatic rings. The molecule has 10 nitrogen and oxygen atoms in total. The van der Waals surface area contributed by atoms with Crippen LogP contribution in [0.25, 0.3) is 0 Å². The summed E-state index contributed by atoms with van der Waals surface area (Å²) >= 11 is 0. The van der Waals surface area contributed by atoms with Crippen molar-refractivity contribution in [1.82, 2.24) is 14.8 Å². The number of aromatic nitrogens is 1. The third-order valence-corrected chi connectivity index (χ3v) is 7.67. The van der Waals surface area contributed by atoms with Gasteiger partial charge in [-0.3, -0.25) is 19.8 Å². The van der Waals surface area contributed by atoms with Crippen LogP contribution in [-0.4, -0.2) is 64.9 Å². The van der Waals surface area contributed by atoms with Gasteiger partial charge in [0.25, 0.3) is 0 Å². The second-order valence-corrected chi connectivity index (χ2v) is 10.5. The molecular weight excluding hydrogens is 534 g/mol. The largest absolute Gasteiger partial charge is 0.457 e. The predicted octanol–water partition coefficient (Wildman–Crippen LogP) is 4.43. The molecule has 1 saturated carbocycles. The monoisotopic (exact) mass is 562 g/mol. The van der Waals surface area contributed by atoms with E-state index < -0.39 is 28.9 Å². The molecule has 0 atom stereocenters. The SMILES string of the molecule is O=C(Nc1cc(Oc2ccc(NC(=O)C3(C(=O)Nc4ccc(F)cc4)CC3)c(F)c2)ccn1)N1CC(N2CCC2)C1. The van der Waals surface area contributed by atoms with Gasteiger partial charge in [0.1, 0.15) is 34.4 Å². The number of carbonyl (C=O) groups is 3. The van der Waals surface area contributed by atoms with E-state index in [1.807, 2.05) is 0 Å². The van der Waals surface area contributed by atoms with Gasteiger partial charge in [-0.15, -0.1) is 0 Å². The van der Waals surface area contributed by atoms with Gasteiger partial charge in [-0.1, -0.05) is 0 Å². The molecule has 1 aliphatic carbocycles. The molecule has 0 radical (unpaired) electrons. The predicted molar refractivity (Wildman–Crippen MR) is 147 cm³/mol. The van der Waals surface area contributed by atoms with E-state index in [1.54, 1.807) is 11.0 Å². The molecule has 0 bridgehead atoms. The van der Waals surface area contributed by atoms with Crippen molar-refractivity contribution in [2.75, 3.05) is 42.1 Å². The lowest BCUT2D eigenvalue weighted by atomic mass is 10.0. The number of pyridine rings is 1. The zero-order chi connectivity index (χ0) is 28.6. The van der Waals surface area contributed by atoms with E-state index in [4.69, 9.17) is 4.74 Å². The maximum atomic E-state index is 14.9. The van der Waals surface area contributed by atoms with Crippen LogP contribution in [0, 0.1) is 17.0 Å². The molecule has 2 aliphatic heterocycles. The molecule has 2 aromatic carbocycles. The summed E-state index contributed by atoms with van der Waals surface area (Å²) in [5.41, 5.74) is -1.06. The van der Waals surface area contributed by atoms with Gasteiger partial charge >= 0.3 is 6.03 Å². The summed E-state index contributed by atoms with van der Waals surface area (Å²) in [6.45, 7) is 3.55. The smallest absolute Gasteiger partial charge is 0.323 e. The van der Waals surface area contributed by atoms with Gasteiger partial charge in [-0.2, -0.15) is 0 Å². The van der Waals surface area contributed by atoms with E-state index in [0.29, 0.717) is 49.2 Å². The number of benzene rings is 2. The van der Waals surface area contributed by atoms with Crippen LogP contribution in [0.5, 0.6) is 11.5 Å². The van der Waals surface area contributed by atoms with E-state index in [1.165, 1.54) is 55.1 Å². The summed E-state index contributed by atoms with van der Waals surface area (Å²) in [5, 5.41) is 7.87. The zero-order valence-corrected chi connectivity index (χ0v) is 22.0. The van der Waals surface area contributed by atoms with Crippen LogP contribution >= 0.6 is 0 Å². The maximum Gasteiger partial charge on any atom is 0.323 e. The number of urea groups is 1. The Bertz CT molecular complexity index is 1490. The zero-order valence-electron chi connectivity index (χ0n) is 22.0. The highest BCUT2D eigenvalue weighted by Crippen LogP contribution is 2.47. The number of carbonyl (C=O) groups excluding carboxylic acids is 3. The molecule has 2 saturated heterocycles. The molecule has 212 valence electrons. The van der Waals surface area contributed by atoms with Gasteiger partial charge in [0.15, 0.2) is 0 Å².